The third-order valence-corrected chi connectivity index (χ3v) is 7.34. The standard InChI is InChI=1S/C14H20N2P2/c1-14(2,3)18(5)13-12(17-4)15-10-8-6-7-9-11(10)16-13/h6-9,17H,1-5H3/p+1. The zero-order chi connectivity index (χ0) is 13.3. The normalized spacial score (nSPS) is 14.5. The average molecular weight is 279 g/mol. The maximum Gasteiger partial charge on any atom is 0.203 e. The van der Waals surface area contributed by atoms with Crippen LogP contribution in [0.1, 0.15) is 20.8 Å². The van der Waals surface area contributed by atoms with Crippen LogP contribution in [0.25, 0.3) is 11.0 Å². The van der Waals surface area contributed by atoms with Crippen LogP contribution in [0, 0.1) is 0 Å². The molecule has 0 radical (unpaired) electrons. The Hall–Kier alpha value is -0.580. The van der Waals surface area contributed by atoms with Gasteiger partial charge in [0.1, 0.15) is 5.44 Å². The van der Waals surface area contributed by atoms with Crippen molar-refractivity contribution in [3.63, 3.8) is 0 Å². The zero-order valence-electron chi connectivity index (χ0n) is 11.7. The van der Waals surface area contributed by atoms with Crippen LogP contribution < -0.4 is 10.9 Å². The molecule has 1 aromatic heterocycles. The molecule has 2 atom stereocenters. The van der Waals surface area contributed by atoms with Gasteiger partial charge in [-0.1, -0.05) is 32.9 Å². The summed E-state index contributed by atoms with van der Waals surface area (Å²) in [4.78, 5) is 9.72. The minimum Gasteiger partial charge on any atom is -0.241 e. The molecular formula is C14H21N2P2+. The number of hydrogen-bond donors (Lipinski definition) is 0. The summed E-state index contributed by atoms with van der Waals surface area (Å²) in [6.07, 6.45) is 0. The Kier molecular flexibility index (Phi) is 3.99. The molecule has 0 bridgehead atoms. The first kappa shape index (κ1) is 13.8. The van der Waals surface area contributed by atoms with Gasteiger partial charge in [0.2, 0.25) is 5.44 Å². The first-order valence-corrected chi connectivity index (χ1v) is 9.75. The van der Waals surface area contributed by atoms with E-state index < -0.39 is 0 Å². The molecule has 0 N–H and O–H groups in total. The Bertz CT molecular complexity index is 561. The van der Waals surface area contributed by atoms with E-state index in [1.165, 1.54) is 10.9 Å². The second kappa shape index (κ2) is 5.19. The quantitative estimate of drug-likeness (QED) is 0.790. The second-order valence-corrected chi connectivity index (χ2v) is 9.45. The molecule has 0 fully saturated rings. The van der Waals surface area contributed by atoms with Crippen LogP contribution in [-0.4, -0.2) is 28.5 Å². The van der Waals surface area contributed by atoms with Crippen molar-refractivity contribution in [2.75, 3.05) is 13.3 Å². The first-order valence-electron chi connectivity index (χ1n) is 6.23. The van der Waals surface area contributed by atoms with Crippen molar-refractivity contribution in [1.29, 1.82) is 0 Å². The fraction of sp³-hybridized carbons (Fsp3) is 0.429. The van der Waals surface area contributed by atoms with Crippen LogP contribution in [0.3, 0.4) is 0 Å². The van der Waals surface area contributed by atoms with Crippen LogP contribution in [-0.2, 0) is 0 Å². The molecular weight excluding hydrogens is 258 g/mol. The van der Waals surface area contributed by atoms with Crippen molar-refractivity contribution < 1.29 is 0 Å². The fourth-order valence-corrected chi connectivity index (χ4v) is 4.61. The third-order valence-electron chi connectivity index (χ3n) is 3.18. The van der Waals surface area contributed by atoms with Crippen molar-refractivity contribution in [3.8, 4) is 0 Å². The highest BCUT2D eigenvalue weighted by molar-refractivity contribution is 7.68. The van der Waals surface area contributed by atoms with Crippen LogP contribution in [0.4, 0.5) is 0 Å². The molecule has 0 aliphatic carbocycles. The van der Waals surface area contributed by atoms with E-state index >= 15 is 0 Å². The SMILES string of the molecule is C[PH2+]c1nc2ccccc2nc1P(C)C(C)(C)C. The van der Waals surface area contributed by atoms with Crippen molar-refractivity contribution in [3.05, 3.63) is 24.3 Å². The Morgan fingerprint density at radius 2 is 1.61 bits per heavy atom. The van der Waals surface area contributed by atoms with E-state index in [1.54, 1.807) is 0 Å². The van der Waals surface area contributed by atoms with Gasteiger partial charge in [-0.05, 0) is 31.9 Å². The molecule has 0 amide bonds. The molecule has 4 heteroatoms. The molecule has 0 saturated heterocycles. The molecule has 96 valence electrons. The van der Waals surface area contributed by atoms with Crippen LogP contribution >= 0.6 is 16.5 Å². The lowest BCUT2D eigenvalue weighted by Crippen LogP contribution is -2.31. The Balaban J connectivity index is 2.62. The average Bonchev–Trinajstić information content (AvgIpc) is 2.35. The predicted octanol–water partition coefficient (Wildman–Crippen LogP) is 2.83. The predicted molar refractivity (Wildman–Crippen MR) is 87.0 cm³/mol. The van der Waals surface area contributed by atoms with Crippen LogP contribution in [0.15, 0.2) is 24.3 Å². The monoisotopic (exact) mass is 279 g/mol. The Morgan fingerprint density at radius 1 is 1.06 bits per heavy atom. The van der Waals surface area contributed by atoms with E-state index in [0.29, 0.717) is 0 Å². The second-order valence-electron chi connectivity index (χ2n) is 5.44. The third kappa shape index (κ3) is 2.71. The molecule has 1 heterocycles. The summed E-state index contributed by atoms with van der Waals surface area (Å²) in [6.45, 7) is 11.5. The number of benzene rings is 1. The van der Waals surface area contributed by atoms with E-state index in [4.69, 9.17) is 9.97 Å². The highest BCUT2D eigenvalue weighted by atomic mass is 31.1. The summed E-state index contributed by atoms with van der Waals surface area (Å²) in [5.74, 6) is 0. The van der Waals surface area contributed by atoms with Gasteiger partial charge >= 0.3 is 0 Å². The maximum absolute atomic E-state index is 4.90. The van der Waals surface area contributed by atoms with Crippen LogP contribution in [0.5, 0.6) is 0 Å². The Morgan fingerprint density at radius 3 is 2.11 bits per heavy atom. The highest BCUT2D eigenvalue weighted by Crippen LogP contribution is 2.44. The topological polar surface area (TPSA) is 25.8 Å². The van der Waals surface area contributed by atoms with Crippen molar-refractivity contribution in [2.45, 2.75) is 25.9 Å². The van der Waals surface area contributed by atoms with Gasteiger partial charge in [-0.3, -0.25) is 0 Å². The van der Waals surface area contributed by atoms with Crippen LogP contribution in [0.2, 0.25) is 0 Å². The number of para-hydroxylation sites is 2. The zero-order valence-corrected chi connectivity index (χ0v) is 13.8. The van der Waals surface area contributed by atoms with Gasteiger partial charge < -0.3 is 0 Å². The van der Waals surface area contributed by atoms with E-state index in [1.807, 2.05) is 12.1 Å². The van der Waals surface area contributed by atoms with Gasteiger partial charge in [0.05, 0.1) is 17.7 Å². The molecule has 1 aromatic carbocycles. The molecule has 2 nitrogen and oxygen atoms in total. The summed E-state index contributed by atoms with van der Waals surface area (Å²) >= 11 is 0. The van der Waals surface area contributed by atoms with Gasteiger partial charge in [-0.15, -0.1) is 0 Å². The first-order chi connectivity index (χ1) is 8.43. The number of fused-ring (bicyclic) bond motifs is 1. The molecule has 0 aliphatic rings. The lowest BCUT2D eigenvalue weighted by atomic mass is 10.3. The molecule has 0 aliphatic heterocycles. The summed E-state index contributed by atoms with van der Waals surface area (Å²) in [6, 6.07) is 8.18. The summed E-state index contributed by atoms with van der Waals surface area (Å²) in [5.41, 5.74) is 4.57. The van der Waals surface area contributed by atoms with Gasteiger partial charge in [0.15, 0.2) is 0 Å². The molecule has 0 saturated carbocycles. The van der Waals surface area contributed by atoms with Crippen molar-refractivity contribution in [1.82, 2.24) is 9.97 Å². The molecule has 2 unspecified atom stereocenters. The smallest absolute Gasteiger partial charge is 0.203 e. The number of hydrogen-bond acceptors (Lipinski definition) is 2. The number of aromatic nitrogens is 2. The molecule has 2 rings (SSSR count). The maximum atomic E-state index is 4.90. The minimum absolute atomic E-state index is 0.211. The number of nitrogens with zero attached hydrogens (tertiary/aromatic N) is 2. The van der Waals surface area contributed by atoms with Gasteiger partial charge in [-0.2, -0.15) is 0 Å². The minimum atomic E-state index is -0.269. The van der Waals surface area contributed by atoms with Gasteiger partial charge in [0, 0.05) is 8.58 Å². The van der Waals surface area contributed by atoms with E-state index in [0.717, 1.165) is 11.0 Å². The molecule has 0 spiro atoms. The summed E-state index contributed by atoms with van der Waals surface area (Å²) in [7, 11) is -0.0580. The Labute approximate surface area is 112 Å². The fourth-order valence-electron chi connectivity index (χ4n) is 1.76. The lowest BCUT2D eigenvalue weighted by Gasteiger charge is -2.27. The highest BCUT2D eigenvalue weighted by Gasteiger charge is 2.27. The lowest BCUT2D eigenvalue weighted by molar-refractivity contribution is 0.790. The van der Waals surface area contributed by atoms with E-state index in [-0.39, 0.29) is 21.7 Å². The number of rotatable bonds is 2. The molecule has 2 aromatic rings. The summed E-state index contributed by atoms with van der Waals surface area (Å²) < 4.78 is 0. The summed E-state index contributed by atoms with van der Waals surface area (Å²) in [5, 5.41) is 0.288. The largest absolute Gasteiger partial charge is 0.241 e. The molecule has 18 heavy (non-hydrogen) atoms. The van der Waals surface area contributed by atoms with E-state index in [9.17, 15) is 0 Å². The van der Waals surface area contributed by atoms with Gasteiger partial charge in [0.25, 0.3) is 0 Å². The van der Waals surface area contributed by atoms with Crippen molar-refractivity contribution >= 4 is 38.4 Å². The van der Waals surface area contributed by atoms with Crippen molar-refractivity contribution in [2.24, 2.45) is 0 Å². The van der Waals surface area contributed by atoms with E-state index in [2.05, 4.69) is 46.2 Å². The van der Waals surface area contributed by atoms with Gasteiger partial charge in [-0.25, -0.2) is 9.97 Å².